The van der Waals surface area contributed by atoms with Gasteiger partial charge >= 0.3 is 0 Å². The summed E-state index contributed by atoms with van der Waals surface area (Å²) < 4.78 is 19.2. The molecule has 34 heavy (non-hydrogen) atoms. The van der Waals surface area contributed by atoms with Crippen LogP contribution in [-0.4, -0.2) is 28.8 Å². The van der Waals surface area contributed by atoms with E-state index in [9.17, 15) is 29.2 Å². The molecule has 1 saturated heterocycles. The molecule has 8 nitrogen and oxygen atoms in total. The van der Waals surface area contributed by atoms with E-state index >= 15 is 0 Å². The maximum Gasteiger partial charge on any atom is 0.300 e. The predicted molar refractivity (Wildman–Crippen MR) is 122 cm³/mol. The second kappa shape index (κ2) is 8.95. The van der Waals surface area contributed by atoms with E-state index in [0.717, 1.165) is 17.0 Å². The first-order valence-corrected chi connectivity index (χ1v) is 10.3. The Morgan fingerprint density at radius 2 is 1.85 bits per heavy atom. The highest BCUT2D eigenvalue weighted by Gasteiger charge is 2.48. The molecule has 1 N–H and O–H groups in total. The number of halogens is 2. The Morgan fingerprint density at radius 3 is 2.53 bits per heavy atom. The molecule has 4 rings (SSSR count). The molecule has 3 aromatic carbocycles. The number of nitro groups is 1. The summed E-state index contributed by atoms with van der Waals surface area (Å²) in [7, 11) is 1.40. The summed E-state index contributed by atoms with van der Waals surface area (Å²) in [5.41, 5.74) is -0.170. The third-order valence-electron chi connectivity index (χ3n) is 5.39. The number of hydrogen-bond acceptors (Lipinski definition) is 6. The molecule has 0 spiro atoms. The van der Waals surface area contributed by atoms with Gasteiger partial charge in [0.1, 0.15) is 17.3 Å². The monoisotopic (exact) mass is 482 g/mol. The van der Waals surface area contributed by atoms with Gasteiger partial charge in [-0.25, -0.2) is 4.39 Å². The van der Waals surface area contributed by atoms with E-state index in [0.29, 0.717) is 11.3 Å². The van der Waals surface area contributed by atoms with E-state index in [1.807, 2.05) is 0 Å². The van der Waals surface area contributed by atoms with Crippen molar-refractivity contribution in [1.29, 1.82) is 0 Å². The summed E-state index contributed by atoms with van der Waals surface area (Å²) in [4.78, 5) is 37.9. The van der Waals surface area contributed by atoms with Crippen LogP contribution in [0.1, 0.15) is 17.2 Å². The van der Waals surface area contributed by atoms with Crippen LogP contribution in [0.4, 0.5) is 15.8 Å². The van der Waals surface area contributed by atoms with Gasteiger partial charge in [-0.05, 0) is 24.3 Å². The molecule has 0 radical (unpaired) electrons. The highest BCUT2D eigenvalue weighted by molar-refractivity contribution is 6.52. The average molecular weight is 483 g/mol. The summed E-state index contributed by atoms with van der Waals surface area (Å²) in [5.74, 6) is -3.02. The number of aliphatic hydroxyl groups is 1. The van der Waals surface area contributed by atoms with Gasteiger partial charge in [-0.2, -0.15) is 0 Å². The van der Waals surface area contributed by atoms with Crippen molar-refractivity contribution < 1.29 is 28.7 Å². The summed E-state index contributed by atoms with van der Waals surface area (Å²) in [6, 6.07) is 13.9. The summed E-state index contributed by atoms with van der Waals surface area (Å²) in [5, 5.41) is 22.0. The molecule has 1 aliphatic rings. The summed E-state index contributed by atoms with van der Waals surface area (Å²) in [6.07, 6.45) is 0. The van der Waals surface area contributed by atoms with Crippen LogP contribution in [0.2, 0.25) is 5.02 Å². The van der Waals surface area contributed by atoms with Crippen molar-refractivity contribution in [2.75, 3.05) is 12.0 Å². The van der Waals surface area contributed by atoms with Gasteiger partial charge in [0, 0.05) is 28.9 Å². The van der Waals surface area contributed by atoms with Gasteiger partial charge in [-0.3, -0.25) is 24.6 Å². The van der Waals surface area contributed by atoms with E-state index in [2.05, 4.69) is 0 Å². The molecular weight excluding hydrogens is 467 g/mol. The van der Waals surface area contributed by atoms with Crippen LogP contribution in [0.5, 0.6) is 5.75 Å². The number of methoxy groups -OCH3 is 1. The molecule has 1 aliphatic heterocycles. The van der Waals surface area contributed by atoms with Crippen molar-refractivity contribution in [3.63, 3.8) is 0 Å². The second-order valence-corrected chi connectivity index (χ2v) is 7.72. The number of rotatable bonds is 5. The van der Waals surface area contributed by atoms with Crippen LogP contribution < -0.4 is 9.64 Å². The zero-order chi connectivity index (χ0) is 24.6. The van der Waals surface area contributed by atoms with Gasteiger partial charge in [0.05, 0.1) is 28.7 Å². The number of Topliss-reactive ketones (excluding diaryl/α,β-unsaturated/α-hetero) is 1. The van der Waals surface area contributed by atoms with Gasteiger partial charge in [-0.1, -0.05) is 41.9 Å². The fraction of sp³-hybridized carbons (Fsp3) is 0.0833. The number of carbonyl (C=O) groups is 2. The Bertz CT molecular complexity index is 1370. The lowest BCUT2D eigenvalue weighted by Crippen LogP contribution is -2.29. The number of amides is 1. The maximum atomic E-state index is 13.8. The first-order chi connectivity index (χ1) is 16.2. The van der Waals surface area contributed by atoms with Gasteiger partial charge in [0.25, 0.3) is 17.4 Å². The molecule has 1 unspecified atom stereocenters. The van der Waals surface area contributed by atoms with Gasteiger partial charge in [0.15, 0.2) is 0 Å². The minimum absolute atomic E-state index is 0.0239. The van der Waals surface area contributed by atoms with Crippen molar-refractivity contribution in [2.45, 2.75) is 6.04 Å². The van der Waals surface area contributed by atoms with Gasteiger partial charge in [-0.15, -0.1) is 0 Å². The van der Waals surface area contributed by atoms with E-state index in [1.54, 1.807) is 24.3 Å². The standard InChI is InChI=1S/C24H16ClFN2O6/c1-34-19-8-3-2-7-16(19)21-20(22(29)13-5-4-6-15(11-13)28(32)33)23(30)24(31)27(21)14-9-10-18(26)17(25)12-14/h2-12,21,29H,1H3/b22-20+. The second-order valence-electron chi connectivity index (χ2n) is 7.32. The highest BCUT2D eigenvalue weighted by Crippen LogP contribution is 2.45. The summed E-state index contributed by atoms with van der Waals surface area (Å²) >= 11 is 5.92. The van der Waals surface area contributed by atoms with Crippen LogP contribution >= 0.6 is 11.6 Å². The molecule has 1 fully saturated rings. The lowest BCUT2D eigenvalue weighted by molar-refractivity contribution is -0.384. The third kappa shape index (κ3) is 3.86. The minimum Gasteiger partial charge on any atom is -0.507 e. The zero-order valence-corrected chi connectivity index (χ0v) is 18.3. The molecule has 0 aromatic heterocycles. The van der Waals surface area contributed by atoms with E-state index in [4.69, 9.17) is 16.3 Å². The van der Waals surface area contributed by atoms with Gasteiger partial charge < -0.3 is 9.84 Å². The van der Waals surface area contributed by atoms with Crippen molar-refractivity contribution in [1.82, 2.24) is 0 Å². The van der Waals surface area contributed by atoms with Crippen molar-refractivity contribution in [3.05, 3.63) is 104 Å². The molecule has 172 valence electrons. The van der Waals surface area contributed by atoms with Crippen LogP contribution in [0, 0.1) is 15.9 Å². The minimum atomic E-state index is -1.18. The topological polar surface area (TPSA) is 110 Å². The zero-order valence-electron chi connectivity index (χ0n) is 17.6. The van der Waals surface area contributed by atoms with E-state index < -0.39 is 34.2 Å². The lowest BCUT2D eigenvalue weighted by atomic mass is 9.94. The normalized spacial score (nSPS) is 17.1. The molecule has 10 heteroatoms. The number of non-ortho nitro benzene ring substituents is 1. The Morgan fingerprint density at radius 1 is 1.12 bits per heavy atom. The number of aliphatic hydroxyl groups excluding tert-OH is 1. The SMILES string of the molecule is COc1ccccc1C1/C(=C(\O)c2cccc([N+](=O)[O-])c2)C(=O)C(=O)N1c1ccc(F)c(Cl)c1. The largest absolute Gasteiger partial charge is 0.507 e. The molecule has 1 amide bonds. The Hall–Kier alpha value is -4.24. The van der Waals surface area contributed by atoms with Gasteiger partial charge in [0.2, 0.25) is 0 Å². The fourth-order valence-electron chi connectivity index (χ4n) is 3.84. The number of ketones is 1. The molecule has 0 aliphatic carbocycles. The molecule has 0 bridgehead atoms. The number of nitrogens with zero attached hydrogens (tertiary/aromatic N) is 2. The van der Waals surface area contributed by atoms with Crippen LogP contribution in [0.3, 0.4) is 0 Å². The Balaban J connectivity index is 2.00. The third-order valence-corrected chi connectivity index (χ3v) is 5.68. The lowest BCUT2D eigenvalue weighted by Gasteiger charge is -2.26. The highest BCUT2D eigenvalue weighted by atomic mass is 35.5. The number of para-hydroxylation sites is 1. The maximum absolute atomic E-state index is 13.8. The predicted octanol–water partition coefficient (Wildman–Crippen LogP) is 5.02. The molecule has 3 aromatic rings. The number of carbonyl (C=O) groups excluding carboxylic acids is 2. The van der Waals surface area contributed by atoms with E-state index in [-0.39, 0.29) is 27.5 Å². The first-order valence-electron chi connectivity index (χ1n) is 9.88. The molecule has 0 saturated carbocycles. The summed E-state index contributed by atoms with van der Waals surface area (Å²) in [6.45, 7) is 0. The Kier molecular flexibility index (Phi) is 6.04. The molecule has 1 atom stereocenters. The van der Waals surface area contributed by atoms with Crippen LogP contribution in [-0.2, 0) is 9.59 Å². The first kappa shape index (κ1) is 22.9. The van der Waals surface area contributed by atoms with E-state index in [1.165, 1.54) is 37.4 Å². The number of nitro benzene ring substituents is 1. The van der Waals surface area contributed by atoms with Crippen LogP contribution in [0.15, 0.2) is 72.3 Å². The number of anilines is 1. The number of hydrogen-bond donors (Lipinski definition) is 1. The fourth-order valence-corrected chi connectivity index (χ4v) is 4.02. The smallest absolute Gasteiger partial charge is 0.300 e. The quantitative estimate of drug-likeness (QED) is 0.180. The van der Waals surface area contributed by atoms with Crippen molar-refractivity contribution >= 4 is 40.4 Å². The van der Waals surface area contributed by atoms with Crippen LogP contribution in [0.25, 0.3) is 5.76 Å². The van der Waals surface area contributed by atoms with Crippen molar-refractivity contribution in [2.24, 2.45) is 0 Å². The average Bonchev–Trinajstić information content (AvgIpc) is 3.10. The van der Waals surface area contributed by atoms with Crippen molar-refractivity contribution in [3.8, 4) is 5.75 Å². The molecular formula is C24H16ClFN2O6. The number of ether oxygens (including phenoxy) is 1. The number of benzene rings is 3. The molecule has 1 heterocycles. The Labute approximate surface area is 197 Å².